The second-order valence-corrected chi connectivity index (χ2v) is 8.57. The molecule has 1 saturated carbocycles. The molecule has 0 aliphatic heterocycles. The Balaban J connectivity index is 1.80. The molecule has 27 heavy (non-hydrogen) atoms. The van der Waals surface area contributed by atoms with Gasteiger partial charge in [0.15, 0.2) is 6.61 Å². The molecule has 2 atom stereocenters. The fraction of sp³-hybridized carbons (Fsp3) is 0.368. The predicted octanol–water partition coefficient (Wildman–Crippen LogP) is 2.12. The Kier molecular flexibility index (Phi) is 4.96. The lowest BCUT2D eigenvalue weighted by atomic mass is 10.1. The number of Topliss-reactive ketones (excluding diaryl/α,β-unsaturated/α-hetero) is 1. The third-order valence-electron chi connectivity index (χ3n) is 4.91. The van der Waals surface area contributed by atoms with Gasteiger partial charge >= 0.3 is 5.97 Å². The highest BCUT2D eigenvalue weighted by Gasteiger charge is 2.40. The minimum absolute atomic E-state index is 0.0197. The number of rotatable bonds is 6. The van der Waals surface area contributed by atoms with Gasteiger partial charge in [-0.25, -0.2) is 13.6 Å². The zero-order valence-corrected chi connectivity index (χ0v) is 16.2. The molecule has 0 spiro atoms. The number of benzene rings is 1. The van der Waals surface area contributed by atoms with Crippen LogP contribution in [-0.2, 0) is 19.6 Å². The maximum absolute atomic E-state index is 12.5. The van der Waals surface area contributed by atoms with Gasteiger partial charge in [0.2, 0.25) is 15.8 Å². The Labute approximate surface area is 158 Å². The van der Waals surface area contributed by atoms with Crippen LogP contribution in [0.3, 0.4) is 0 Å². The molecule has 2 N–H and O–H groups in total. The van der Waals surface area contributed by atoms with E-state index in [-0.39, 0.29) is 29.2 Å². The summed E-state index contributed by atoms with van der Waals surface area (Å²) in [4.78, 5) is 24.3. The number of sulfonamides is 1. The van der Waals surface area contributed by atoms with E-state index in [2.05, 4.69) is 0 Å². The number of ether oxygens (including phenoxy) is 1. The van der Waals surface area contributed by atoms with Gasteiger partial charge in [0.1, 0.15) is 0 Å². The third-order valence-corrected chi connectivity index (χ3v) is 5.84. The van der Waals surface area contributed by atoms with Gasteiger partial charge in [-0.15, -0.1) is 0 Å². The number of hydrogen-bond donors (Lipinski definition) is 1. The summed E-state index contributed by atoms with van der Waals surface area (Å²) in [5.74, 6) is -0.332. The van der Waals surface area contributed by atoms with Crippen molar-refractivity contribution in [3.8, 4) is 5.69 Å². The van der Waals surface area contributed by atoms with Gasteiger partial charge in [-0.1, -0.05) is 6.92 Å². The zero-order valence-electron chi connectivity index (χ0n) is 15.4. The number of carbonyl (C=O) groups excluding carboxylic acids is 2. The Bertz CT molecular complexity index is 1010. The molecule has 0 saturated heterocycles. The van der Waals surface area contributed by atoms with E-state index >= 15 is 0 Å². The summed E-state index contributed by atoms with van der Waals surface area (Å²) in [6.45, 7) is 5.33. The Morgan fingerprint density at radius 3 is 2.33 bits per heavy atom. The summed E-state index contributed by atoms with van der Waals surface area (Å²) in [7, 11) is -3.76. The van der Waals surface area contributed by atoms with E-state index in [1.165, 1.54) is 12.1 Å². The van der Waals surface area contributed by atoms with Crippen LogP contribution in [0.15, 0.2) is 35.2 Å². The van der Waals surface area contributed by atoms with Crippen LogP contribution in [0.1, 0.15) is 35.1 Å². The molecule has 2 unspecified atom stereocenters. The number of carbonyl (C=O) groups is 2. The van der Waals surface area contributed by atoms with Crippen molar-refractivity contribution in [2.24, 2.45) is 17.0 Å². The van der Waals surface area contributed by atoms with E-state index in [9.17, 15) is 18.0 Å². The SMILES string of the molecule is Cc1cc(C(=O)COC(=O)C2CC2C)c(C)n1-c1ccc(S(N)(=O)=O)cc1. The highest BCUT2D eigenvalue weighted by Crippen LogP contribution is 2.38. The lowest BCUT2D eigenvalue weighted by Crippen LogP contribution is -2.16. The molecule has 1 aliphatic carbocycles. The second-order valence-electron chi connectivity index (χ2n) is 7.01. The highest BCUT2D eigenvalue weighted by atomic mass is 32.2. The number of primary sulfonamides is 1. The van der Waals surface area contributed by atoms with E-state index in [0.29, 0.717) is 22.9 Å². The highest BCUT2D eigenvalue weighted by molar-refractivity contribution is 7.89. The third kappa shape index (κ3) is 3.96. The maximum Gasteiger partial charge on any atom is 0.309 e. The van der Waals surface area contributed by atoms with Crippen LogP contribution in [-0.4, -0.2) is 31.3 Å². The topological polar surface area (TPSA) is 108 Å². The van der Waals surface area contributed by atoms with Crippen molar-refractivity contribution in [3.05, 3.63) is 47.3 Å². The van der Waals surface area contributed by atoms with Crippen molar-refractivity contribution >= 4 is 21.8 Å². The van der Waals surface area contributed by atoms with Gasteiger partial charge in [-0.3, -0.25) is 9.59 Å². The fourth-order valence-electron chi connectivity index (χ4n) is 3.20. The quantitative estimate of drug-likeness (QED) is 0.600. The largest absolute Gasteiger partial charge is 0.457 e. The molecule has 0 radical (unpaired) electrons. The summed E-state index contributed by atoms with van der Waals surface area (Å²) in [5, 5.41) is 5.12. The van der Waals surface area contributed by atoms with Crippen molar-refractivity contribution in [2.45, 2.75) is 32.1 Å². The van der Waals surface area contributed by atoms with E-state index < -0.39 is 10.0 Å². The predicted molar refractivity (Wildman–Crippen MR) is 99.2 cm³/mol. The second kappa shape index (κ2) is 6.94. The van der Waals surface area contributed by atoms with E-state index in [1.807, 2.05) is 18.4 Å². The number of nitrogens with zero attached hydrogens (tertiary/aromatic N) is 1. The van der Waals surface area contributed by atoms with Crippen LogP contribution < -0.4 is 5.14 Å². The summed E-state index contributed by atoms with van der Waals surface area (Å²) in [6.07, 6.45) is 0.816. The first kappa shape index (κ1) is 19.3. The van der Waals surface area contributed by atoms with Crippen LogP contribution in [0.5, 0.6) is 0 Å². The first-order valence-electron chi connectivity index (χ1n) is 8.61. The molecule has 7 nitrogen and oxygen atoms in total. The average molecular weight is 390 g/mol. The van der Waals surface area contributed by atoms with Gasteiger partial charge in [0.25, 0.3) is 0 Å². The molecule has 1 aromatic heterocycles. The molecule has 8 heteroatoms. The first-order valence-corrected chi connectivity index (χ1v) is 10.2. The van der Waals surface area contributed by atoms with Crippen LogP contribution in [0.25, 0.3) is 5.69 Å². The van der Waals surface area contributed by atoms with Crippen molar-refractivity contribution in [1.82, 2.24) is 4.57 Å². The molecule has 1 aromatic carbocycles. The van der Waals surface area contributed by atoms with Crippen LogP contribution in [0.2, 0.25) is 0 Å². The molecule has 0 amide bonds. The first-order chi connectivity index (χ1) is 12.6. The maximum atomic E-state index is 12.5. The number of aryl methyl sites for hydroxylation is 1. The number of esters is 1. The summed E-state index contributed by atoms with van der Waals surface area (Å²) in [5.41, 5.74) is 2.68. The van der Waals surface area contributed by atoms with E-state index in [1.54, 1.807) is 25.1 Å². The van der Waals surface area contributed by atoms with Crippen LogP contribution >= 0.6 is 0 Å². The molecule has 3 rings (SSSR count). The number of hydrogen-bond acceptors (Lipinski definition) is 5. The zero-order chi connectivity index (χ0) is 19.9. The molecular formula is C19H22N2O5S. The molecule has 0 bridgehead atoms. The molecule has 1 aliphatic rings. The molecule has 1 fully saturated rings. The monoisotopic (exact) mass is 390 g/mol. The van der Waals surface area contributed by atoms with Crippen molar-refractivity contribution in [3.63, 3.8) is 0 Å². The van der Waals surface area contributed by atoms with Crippen LogP contribution in [0, 0.1) is 25.7 Å². The van der Waals surface area contributed by atoms with Gasteiger partial charge in [0, 0.05) is 22.6 Å². The smallest absolute Gasteiger partial charge is 0.309 e. The van der Waals surface area contributed by atoms with Crippen molar-refractivity contribution in [2.75, 3.05) is 6.61 Å². The standard InChI is InChI=1S/C19H22N2O5S/c1-11-8-16(11)19(23)26-10-18(22)17-9-12(2)21(13(17)3)14-4-6-15(7-5-14)27(20,24)25/h4-7,9,11,16H,8,10H2,1-3H3,(H2,20,24,25). The molecular weight excluding hydrogens is 368 g/mol. The van der Waals surface area contributed by atoms with Gasteiger partial charge in [-0.2, -0.15) is 0 Å². The molecule has 144 valence electrons. The van der Waals surface area contributed by atoms with Crippen molar-refractivity contribution < 1.29 is 22.7 Å². The molecule has 2 aromatic rings. The summed E-state index contributed by atoms with van der Waals surface area (Å²) < 4.78 is 29.8. The summed E-state index contributed by atoms with van der Waals surface area (Å²) >= 11 is 0. The van der Waals surface area contributed by atoms with E-state index in [0.717, 1.165) is 12.1 Å². The average Bonchev–Trinajstić information content (AvgIpc) is 3.26. The minimum atomic E-state index is -3.76. The summed E-state index contributed by atoms with van der Waals surface area (Å²) in [6, 6.07) is 7.83. The Morgan fingerprint density at radius 2 is 1.81 bits per heavy atom. The Hall–Kier alpha value is -2.45. The fourth-order valence-corrected chi connectivity index (χ4v) is 3.71. The number of nitrogens with two attached hydrogens (primary N) is 1. The van der Waals surface area contributed by atoms with Gasteiger partial charge < -0.3 is 9.30 Å². The van der Waals surface area contributed by atoms with Gasteiger partial charge in [0.05, 0.1) is 10.8 Å². The number of aromatic nitrogens is 1. The minimum Gasteiger partial charge on any atom is -0.457 e. The van der Waals surface area contributed by atoms with E-state index in [4.69, 9.17) is 9.88 Å². The lowest BCUT2D eigenvalue weighted by molar-refractivity contribution is -0.144. The number of ketones is 1. The van der Waals surface area contributed by atoms with Gasteiger partial charge in [-0.05, 0) is 56.5 Å². The Morgan fingerprint density at radius 1 is 1.22 bits per heavy atom. The van der Waals surface area contributed by atoms with Crippen molar-refractivity contribution in [1.29, 1.82) is 0 Å². The molecule has 1 heterocycles. The lowest BCUT2D eigenvalue weighted by Gasteiger charge is -2.10. The van der Waals surface area contributed by atoms with Crippen LogP contribution in [0.4, 0.5) is 0 Å². The normalized spacial score (nSPS) is 19.0.